The normalized spacial score (nSPS) is 12.2. The molecule has 4 aromatic rings. The van der Waals surface area contributed by atoms with Crippen LogP contribution in [0.4, 0.5) is 0 Å². The molecule has 4 rings (SSSR count). The fourth-order valence-electron chi connectivity index (χ4n) is 3.64. The van der Waals surface area contributed by atoms with Crippen molar-refractivity contribution in [2.45, 2.75) is 13.1 Å². The number of aromatic nitrogens is 2. The van der Waals surface area contributed by atoms with Gasteiger partial charge in [0.05, 0.1) is 32.2 Å². The average Bonchev–Trinajstić information content (AvgIpc) is 2.72. The van der Waals surface area contributed by atoms with Gasteiger partial charge in [0, 0.05) is 11.6 Å². The number of methoxy groups -OCH3 is 2. The van der Waals surface area contributed by atoms with Crippen molar-refractivity contribution < 1.29 is 14.4 Å². The maximum Gasteiger partial charge on any atom is 0.259 e. The highest BCUT2D eigenvalue weighted by molar-refractivity contribution is 5.83. The molecule has 6 nitrogen and oxygen atoms in total. The molecule has 148 valence electrons. The Labute approximate surface area is 168 Å². The highest BCUT2D eigenvalue weighted by atomic mass is 16.5. The minimum atomic E-state index is -0.176. The van der Waals surface area contributed by atoms with Gasteiger partial charge in [0.1, 0.15) is 13.1 Å². The summed E-state index contributed by atoms with van der Waals surface area (Å²) in [6, 6.07) is 18.3. The van der Waals surface area contributed by atoms with E-state index in [9.17, 15) is 4.79 Å². The number of ether oxygens (including phenoxy) is 2. The molecule has 0 amide bonds. The number of H-pyrrole nitrogens is 1. The first-order valence-electron chi connectivity index (χ1n) is 9.51. The third-order valence-electron chi connectivity index (χ3n) is 5.05. The summed E-state index contributed by atoms with van der Waals surface area (Å²) in [4.78, 5) is 21.3. The van der Waals surface area contributed by atoms with E-state index in [1.165, 1.54) is 21.2 Å². The zero-order valence-electron chi connectivity index (χ0n) is 16.8. The van der Waals surface area contributed by atoms with Gasteiger partial charge in [-0.15, -0.1) is 0 Å². The molecule has 2 N–H and O–H groups in total. The first-order chi connectivity index (χ1) is 14.1. The Morgan fingerprint density at radius 2 is 1.66 bits per heavy atom. The molecule has 0 saturated carbocycles. The van der Waals surface area contributed by atoms with Crippen molar-refractivity contribution in [2.24, 2.45) is 0 Å². The van der Waals surface area contributed by atoms with Gasteiger partial charge in [-0.3, -0.25) is 4.79 Å². The lowest BCUT2D eigenvalue weighted by molar-refractivity contribution is -0.908. The monoisotopic (exact) mass is 390 g/mol. The van der Waals surface area contributed by atoms with Crippen LogP contribution in [0.5, 0.6) is 11.5 Å². The van der Waals surface area contributed by atoms with Crippen LogP contribution in [0, 0.1) is 0 Å². The highest BCUT2D eigenvalue weighted by Gasteiger charge is 2.13. The molecule has 0 radical (unpaired) electrons. The molecule has 1 aromatic heterocycles. The van der Waals surface area contributed by atoms with Crippen LogP contribution in [0.25, 0.3) is 21.7 Å². The number of aromatic amines is 1. The lowest BCUT2D eigenvalue weighted by atomic mass is 10.1. The lowest BCUT2D eigenvalue weighted by Gasteiger charge is -2.14. The smallest absolute Gasteiger partial charge is 0.259 e. The molecule has 1 atom stereocenters. The molecular formula is C23H24N3O3+. The summed E-state index contributed by atoms with van der Waals surface area (Å²) in [7, 11) is 5.21. The molecule has 0 saturated heterocycles. The number of hydrogen-bond acceptors (Lipinski definition) is 4. The first kappa shape index (κ1) is 19.0. The third-order valence-corrected chi connectivity index (χ3v) is 5.05. The number of quaternary nitrogens is 1. The van der Waals surface area contributed by atoms with E-state index in [4.69, 9.17) is 9.47 Å². The molecule has 6 heteroatoms. The summed E-state index contributed by atoms with van der Waals surface area (Å²) in [5.41, 5.74) is 1.67. The molecule has 0 fully saturated rings. The number of hydrogen-bond donors (Lipinski definition) is 2. The van der Waals surface area contributed by atoms with Gasteiger partial charge in [-0.25, -0.2) is 4.98 Å². The average molecular weight is 390 g/mol. The molecule has 0 spiro atoms. The van der Waals surface area contributed by atoms with Crippen LogP contribution in [-0.2, 0) is 13.1 Å². The quantitative estimate of drug-likeness (QED) is 0.530. The standard InChI is InChI=1S/C23H23N3O3/c1-26(13-15-8-9-16-6-4-5-7-17(16)10-15)14-22-24-19-12-21(29-3)20(28-2)11-18(19)23(27)25-22/h4-12H,13-14H2,1-3H3,(H,24,25,27)/p+1. The van der Waals surface area contributed by atoms with Crippen LogP contribution < -0.4 is 19.9 Å². The van der Waals surface area contributed by atoms with Crippen LogP contribution in [0.15, 0.2) is 59.4 Å². The molecule has 29 heavy (non-hydrogen) atoms. The maximum atomic E-state index is 12.6. The van der Waals surface area contributed by atoms with Crippen molar-refractivity contribution in [3.8, 4) is 11.5 Å². The zero-order chi connectivity index (χ0) is 20.4. The summed E-state index contributed by atoms with van der Waals surface area (Å²) in [6.45, 7) is 1.44. The van der Waals surface area contributed by atoms with E-state index in [-0.39, 0.29) is 5.56 Å². The molecule has 0 aliphatic heterocycles. The largest absolute Gasteiger partial charge is 0.493 e. The predicted molar refractivity (Wildman–Crippen MR) is 114 cm³/mol. The number of nitrogens with zero attached hydrogens (tertiary/aromatic N) is 1. The fourth-order valence-corrected chi connectivity index (χ4v) is 3.64. The summed E-state index contributed by atoms with van der Waals surface area (Å²) >= 11 is 0. The van der Waals surface area contributed by atoms with Crippen LogP contribution in [0.2, 0.25) is 0 Å². The molecule has 1 unspecified atom stereocenters. The Kier molecular flexibility index (Phi) is 5.18. The van der Waals surface area contributed by atoms with Gasteiger partial charge in [-0.05, 0) is 22.9 Å². The second-order valence-corrected chi connectivity index (χ2v) is 7.23. The van der Waals surface area contributed by atoms with Gasteiger partial charge in [0.15, 0.2) is 17.3 Å². The summed E-state index contributed by atoms with van der Waals surface area (Å²) in [5.74, 6) is 1.72. The minimum absolute atomic E-state index is 0.176. The minimum Gasteiger partial charge on any atom is -0.493 e. The summed E-state index contributed by atoms with van der Waals surface area (Å²) in [6.07, 6.45) is 0. The topological polar surface area (TPSA) is 68.7 Å². The predicted octanol–water partition coefficient (Wildman–Crippen LogP) is 2.31. The van der Waals surface area contributed by atoms with Gasteiger partial charge >= 0.3 is 0 Å². The number of rotatable bonds is 6. The number of nitrogens with one attached hydrogen (secondary N) is 2. The van der Waals surface area contributed by atoms with Crippen molar-refractivity contribution in [3.63, 3.8) is 0 Å². The Morgan fingerprint density at radius 1 is 0.931 bits per heavy atom. The van der Waals surface area contributed by atoms with Crippen molar-refractivity contribution >= 4 is 21.7 Å². The van der Waals surface area contributed by atoms with Gasteiger partial charge in [0.25, 0.3) is 5.56 Å². The highest BCUT2D eigenvalue weighted by Crippen LogP contribution is 2.29. The Hall–Kier alpha value is -3.38. The first-order valence-corrected chi connectivity index (χ1v) is 9.51. The van der Waals surface area contributed by atoms with E-state index in [1.54, 1.807) is 26.4 Å². The van der Waals surface area contributed by atoms with Crippen LogP contribution in [0.3, 0.4) is 0 Å². The Balaban J connectivity index is 1.58. The van der Waals surface area contributed by atoms with Crippen LogP contribution in [0.1, 0.15) is 11.4 Å². The molecular weight excluding hydrogens is 366 g/mol. The van der Waals surface area contributed by atoms with E-state index in [2.05, 4.69) is 53.4 Å². The number of fused-ring (bicyclic) bond motifs is 2. The maximum absolute atomic E-state index is 12.6. The van der Waals surface area contributed by atoms with Gasteiger partial charge in [-0.1, -0.05) is 36.4 Å². The second-order valence-electron chi connectivity index (χ2n) is 7.23. The zero-order valence-corrected chi connectivity index (χ0v) is 16.8. The van der Waals surface area contributed by atoms with Crippen molar-refractivity contribution in [3.05, 3.63) is 76.3 Å². The van der Waals surface area contributed by atoms with E-state index in [0.717, 1.165) is 6.54 Å². The van der Waals surface area contributed by atoms with Crippen molar-refractivity contribution in [2.75, 3.05) is 21.3 Å². The summed E-state index contributed by atoms with van der Waals surface area (Å²) < 4.78 is 10.6. The fraction of sp³-hybridized carbons (Fsp3) is 0.217. The molecule has 0 aliphatic carbocycles. The van der Waals surface area contributed by atoms with Crippen LogP contribution >= 0.6 is 0 Å². The van der Waals surface area contributed by atoms with Crippen LogP contribution in [-0.4, -0.2) is 31.2 Å². The SMILES string of the molecule is COc1cc2nc(C[NH+](C)Cc3ccc4ccccc4c3)[nH]c(=O)c2cc1OC. The van der Waals surface area contributed by atoms with E-state index >= 15 is 0 Å². The third kappa shape index (κ3) is 3.93. The van der Waals surface area contributed by atoms with Crippen molar-refractivity contribution in [1.82, 2.24) is 9.97 Å². The Morgan fingerprint density at radius 3 is 2.41 bits per heavy atom. The van der Waals surface area contributed by atoms with E-state index in [0.29, 0.717) is 34.8 Å². The number of benzene rings is 3. The van der Waals surface area contributed by atoms with Gasteiger partial charge in [-0.2, -0.15) is 0 Å². The molecule has 0 aliphatic rings. The second kappa shape index (κ2) is 7.93. The lowest BCUT2D eigenvalue weighted by Crippen LogP contribution is -3.06. The van der Waals surface area contributed by atoms with E-state index < -0.39 is 0 Å². The molecule has 0 bridgehead atoms. The summed E-state index contributed by atoms with van der Waals surface area (Å²) in [5, 5.41) is 2.95. The molecule has 1 heterocycles. The van der Waals surface area contributed by atoms with Crippen molar-refractivity contribution in [1.29, 1.82) is 0 Å². The molecule has 3 aromatic carbocycles. The van der Waals surface area contributed by atoms with Gasteiger partial charge < -0.3 is 19.4 Å². The Bertz CT molecular complexity index is 1230. The van der Waals surface area contributed by atoms with Gasteiger partial charge in [0.2, 0.25) is 0 Å². The van der Waals surface area contributed by atoms with E-state index in [1.807, 2.05) is 6.07 Å².